The third kappa shape index (κ3) is 3.29. The van der Waals surface area contributed by atoms with Crippen LogP contribution in [0.3, 0.4) is 0 Å². The molecule has 24 heavy (non-hydrogen) atoms. The molecule has 0 aliphatic carbocycles. The molecule has 128 valence electrons. The summed E-state index contributed by atoms with van der Waals surface area (Å²) in [6, 6.07) is 5.27. The predicted molar refractivity (Wildman–Crippen MR) is 79.3 cm³/mol. The van der Waals surface area contributed by atoms with Crippen molar-refractivity contribution < 1.29 is 27.5 Å². The molecular weight excluding hydrogens is 327 g/mol. The van der Waals surface area contributed by atoms with Gasteiger partial charge in [0.15, 0.2) is 5.69 Å². The summed E-state index contributed by atoms with van der Waals surface area (Å²) in [6.45, 7) is 2.19. The number of carboxylic acid groups (broad SMARTS) is 1. The van der Waals surface area contributed by atoms with E-state index >= 15 is 0 Å². The van der Waals surface area contributed by atoms with Gasteiger partial charge in [0, 0.05) is 31.9 Å². The number of nitrogens with zero attached hydrogens (tertiary/aromatic N) is 3. The molecule has 0 spiro atoms. The quantitative estimate of drug-likeness (QED) is 0.926. The number of benzene rings is 1. The van der Waals surface area contributed by atoms with Gasteiger partial charge < -0.3 is 19.3 Å². The number of carbonyl (C=O) groups is 1. The van der Waals surface area contributed by atoms with E-state index in [0.717, 1.165) is 18.4 Å². The first-order valence-corrected chi connectivity index (χ1v) is 7.20. The number of alkyl halides is 3. The van der Waals surface area contributed by atoms with Crippen molar-refractivity contribution in [2.45, 2.75) is 6.18 Å². The van der Waals surface area contributed by atoms with Crippen molar-refractivity contribution >= 4 is 17.7 Å². The van der Waals surface area contributed by atoms with E-state index in [1.54, 1.807) is 4.90 Å². The molecule has 1 aromatic carbocycles. The van der Waals surface area contributed by atoms with Crippen LogP contribution < -0.4 is 9.80 Å². The molecule has 2 heterocycles. The lowest BCUT2D eigenvalue weighted by Gasteiger charge is -2.35. The topological polar surface area (TPSA) is 69.8 Å². The van der Waals surface area contributed by atoms with E-state index in [9.17, 15) is 18.0 Å². The Morgan fingerprint density at radius 2 is 1.67 bits per heavy atom. The van der Waals surface area contributed by atoms with Crippen LogP contribution in [0.25, 0.3) is 0 Å². The van der Waals surface area contributed by atoms with Gasteiger partial charge in [-0.3, -0.25) is 0 Å². The van der Waals surface area contributed by atoms with Gasteiger partial charge in [-0.2, -0.15) is 18.2 Å². The molecule has 1 aromatic heterocycles. The third-order valence-electron chi connectivity index (χ3n) is 3.82. The summed E-state index contributed by atoms with van der Waals surface area (Å²) in [6.07, 6.45) is -3.26. The van der Waals surface area contributed by atoms with Crippen molar-refractivity contribution in [2.75, 3.05) is 36.0 Å². The number of aromatic nitrogens is 1. The molecule has 3 rings (SSSR count). The Kier molecular flexibility index (Phi) is 4.08. The van der Waals surface area contributed by atoms with Crippen LogP contribution >= 0.6 is 0 Å². The van der Waals surface area contributed by atoms with E-state index in [1.165, 1.54) is 12.1 Å². The highest BCUT2D eigenvalue weighted by Crippen LogP contribution is 2.30. The Balaban J connectivity index is 1.63. The van der Waals surface area contributed by atoms with Gasteiger partial charge in [-0.05, 0) is 24.3 Å². The number of anilines is 2. The Bertz CT molecular complexity index is 720. The summed E-state index contributed by atoms with van der Waals surface area (Å²) < 4.78 is 42.9. The van der Waals surface area contributed by atoms with Crippen molar-refractivity contribution in [1.29, 1.82) is 0 Å². The number of carboxylic acids is 1. The summed E-state index contributed by atoms with van der Waals surface area (Å²) in [5, 5.41) is 8.84. The Hall–Kier alpha value is -2.71. The molecular formula is C15H14F3N3O3. The molecule has 1 N–H and O–H groups in total. The van der Waals surface area contributed by atoms with Gasteiger partial charge in [-0.25, -0.2) is 4.79 Å². The third-order valence-corrected chi connectivity index (χ3v) is 3.82. The zero-order chi connectivity index (χ0) is 17.3. The first-order chi connectivity index (χ1) is 11.3. The fourth-order valence-electron chi connectivity index (χ4n) is 2.52. The van der Waals surface area contributed by atoms with Gasteiger partial charge in [-0.1, -0.05) is 0 Å². The fraction of sp³-hybridized carbons (Fsp3) is 0.333. The lowest BCUT2D eigenvalue weighted by Crippen LogP contribution is -2.46. The minimum atomic E-state index is -4.34. The van der Waals surface area contributed by atoms with E-state index in [0.29, 0.717) is 31.9 Å². The molecule has 0 amide bonds. The molecule has 2 aromatic rings. The van der Waals surface area contributed by atoms with Gasteiger partial charge in [0.1, 0.15) is 6.26 Å². The highest BCUT2D eigenvalue weighted by Gasteiger charge is 2.30. The van der Waals surface area contributed by atoms with Gasteiger partial charge >= 0.3 is 12.1 Å². The number of rotatable bonds is 3. The molecule has 1 aliphatic heterocycles. The molecule has 1 aliphatic rings. The zero-order valence-corrected chi connectivity index (χ0v) is 12.5. The first-order valence-electron chi connectivity index (χ1n) is 7.20. The second-order valence-electron chi connectivity index (χ2n) is 5.34. The Morgan fingerprint density at radius 1 is 1.08 bits per heavy atom. The fourth-order valence-corrected chi connectivity index (χ4v) is 2.52. The van der Waals surface area contributed by atoms with Crippen LogP contribution in [0.2, 0.25) is 0 Å². The molecule has 0 radical (unpaired) electrons. The maximum atomic E-state index is 12.6. The average molecular weight is 341 g/mol. The van der Waals surface area contributed by atoms with Crippen molar-refractivity contribution in [3.63, 3.8) is 0 Å². The first kappa shape index (κ1) is 16.2. The van der Waals surface area contributed by atoms with Crippen LogP contribution in [0.4, 0.5) is 24.9 Å². The molecule has 1 saturated heterocycles. The highest BCUT2D eigenvalue weighted by atomic mass is 19.4. The summed E-state index contributed by atoms with van der Waals surface area (Å²) in [7, 11) is 0. The van der Waals surface area contributed by atoms with Gasteiger partial charge in [0.2, 0.25) is 0 Å². The normalized spacial score (nSPS) is 15.6. The van der Waals surface area contributed by atoms with Crippen LogP contribution in [0.15, 0.2) is 34.9 Å². The number of oxazole rings is 1. The summed E-state index contributed by atoms with van der Waals surface area (Å²) in [4.78, 5) is 18.4. The Morgan fingerprint density at radius 3 is 2.17 bits per heavy atom. The van der Waals surface area contributed by atoms with E-state index in [1.807, 2.05) is 4.90 Å². The average Bonchev–Trinajstić information content (AvgIpc) is 3.05. The number of piperazine rings is 1. The molecule has 6 nitrogen and oxygen atoms in total. The molecule has 0 unspecified atom stereocenters. The molecule has 1 fully saturated rings. The number of aromatic carboxylic acids is 1. The lowest BCUT2D eigenvalue weighted by atomic mass is 10.1. The SMILES string of the molecule is O=C(O)c1coc(N2CCN(c3ccc(C(F)(F)F)cc3)CC2)n1. The van der Waals surface area contributed by atoms with E-state index in [4.69, 9.17) is 9.52 Å². The smallest absolute Gasteiger partial charge is 0.416 e. The lowest BCUT2D eigenvalue weighted by molar-refractivity contribution is -0.137. The number of hydrogen-bond donors (Lipinski definition) is 1. The standard InChI is InChI=1S/C15H14F3N3O3/c16-15(17,18)10-1-3-11(4-2-10)20-5-7-21(8-6-20)14-19-12(9-24-14)13(22)23/h1-4,9H,5-8H2,(H,22,23). The molecule has 0 atom stereocenters. The summed E-state index contributed by atoms with van der Waals surface area (Å²) in [5.41, 5.74) is -0.123. The minimum absolute atomic E-state index is 0.157. The minimum Gasteiger partial charge on any atom is -0.476 e. The zero-order valence-electron chi connectivity index (χ0n) is 12.5. The predicted octanol–water partition coefficient (Wildman–Crippen LogP) is 2.72. The number of halogens is 3. The Labute approximate surface area is 135 Å². The van der Waals surface area contributed by atoms with Crippen LogP contribution in [-0.2, 0) is 6.18 Å². The van der Waals surface area contributed by atoms with E-state index < -0.39 is 17.7 Å². The summed E-state index contributed by atoms with van der Waals surface area (Å²) in [5.74, 6) is -1.16. The number of hydrogen-bond acceptors (Lipinski definition) is 5. The van der Waals surface area contributed by atoms with E-state index in [2.05, 4.69) is 4.98 Å². The van der Waals surface area contributed by atoms with Crippen molar-refractivity contribution in [1.82, 2.24) is 4.98 Å². The van der Waals surface area contributed by atoms with Gasteiger partial charge in [-0.15, -0.1) is 0 Å². The van der Waals surface area contributed by atoms with Crippen LogP contribution in [0.1, 0.15) is 16.1 Å². The maximum Gasteiger partial charge on any atom is 0.416 e. The largest absolute Gasteiger partial charge is 0.476 e. The van der Waals surface area contributed by atoms with E-state index in [-0.39, 0.29) is 11.7 Å². The second kappa shape index (κ2) is 6.06. The van der Waals surface area contributed by atoms with Crippen molar-refractivity contribution in [3.05, 3.63) is 41.8 Å². The highest BCUT2D eigenvalue weighted by molar-refractivity contribution is 5.85. The molecule has 0 bridgehead atoms. The maximum absolute atomic E-state index is 12.6. The van der Waals surface area contributed by atoms with Crippen molar-refractivity contribution in [3.8, 4) is 0 Å². The van der Waals surface area contributed by atoms with Gasteiger partial charge in [0.25, 0.3) is 6.01 Å². The van der Waals surface area contributed by atoms with Crippen LogP contribution in [-0.4, -0.2) is 42.2 Å². The van der Waals surface area contributed by atoms with Gasteiger partial charge in [0.05, 0.1) is 5.56 Å². The van der Waals surface area contributed by atoms with Crippen LogP contribution in [0.5, 0.6) is 0 Å². The molecule has 9 heteroatoms. The molecule has 0 saturated carbocycles. The monoisotopic (exact) mass is 341 g/mol. The summed E-state index contributed by atoms with van der Waals surface area (Å²) >= 11 is 0. The van der Waals surface area contributed by atoms with Crippen molar-refractivity contribution in [2.24, 2.45) is 0 Å². The van der Waals surface area contributed by atoms with Crippen LogP contribution in [0, 0.1) is 0 Å². The second-order valence-corrected chi connectivity index (χ2v) is 5.34.